The number of hydrogen-bond acceptors (Lipinski definition) is 2. The molecule has 2 fully saturated rings. The lowest BCUT2D eigenvalue weighted by molar-refractivity contribution is 0.0951. The molecule has 0 aromatic heterocycles. The average molecular weight is 230 g/mol. The third-order valence-corrected chi connectivity index (χ3v) is 4.14. The topological polar surface area (TPSA) is 26.3 Å². The molecule has 0 N–H and O–H groups in total. The molecule has 2 saturated carbocycles. The second-order valence-electron chi connectivity index (χ2n) is 5.11. The van der Waals surface area contributed by atoms with Gasteiger partial charge in [-0.25, -0.2) is 0 Å². The van der Waals surface area contributed by atoms with E-state index in [-0.39, 0.29) is 0 Å². The van der Waals surface area contributed by atoms with Crippen molar-refractivity contribution in [1.29, 1.82) is 0 Å². The second kappa shape index (κ2) is 4.17. The number of ether oxygens (including phenoxy) is 1. The van der Waals surface area contributed by atoms with Gasteiger partial charge in [0, 0.05) is 11.5 Å². The number of rotatable bonds is 4. The lowest BCUT2D eigenvalue weighted by Crippen LogP contribution is -2.06. The zero-order valence-corrected chi connectivity index (χ0v) is 10.2. The fraction of sp³-hybridized carbons (Fsp3) is 0.533. The Balaban J connectivity index is 1.75. The van der Waals surface area contributed by atoms with Crippen molar-refractivity contribution in [3.8, 4) is 5.75 Å². The van der Waals surface area contributed by atoms with Crippen LogP contribution in [0.3, 0.4) is 0 Å². The van der Waals surface area contributed by atoms with Crippen LogP contribution in [0.5, 0.6) is 5.75 Å². The molecule has 3 rings (SSSR count). The number of Topliss-reactive ketones (excluding diaryl/α,β-unsaturated/α-hetero) is 1. The first-order valence-corrected chi connectivity index (χ1v) is 6.58. The van der Waals surface area contributed by atoms with Gasteiger partial charge in [0.2, 0.25) is 0 Å². The summed E-state index contributed by atoms with van der Waals surface area (Å²) in [5.74, 6) is 2.85. The van der Waals surface area contributed by atoms with Gasteiger partial charge in [0.25, 0.3) is 0 Å². The van der Waals surface area contributed by atoms with E-state index in [9.17, 15) is 4.79 Å². The first kappa shape index (κ1) is 10.8. The number of benzene rings is 1. The van der Waals surface area contributed by atoms with Crippen LogP contribution in [0.2, 0.25) is 0 Å². The number of ketones is 1. The molecule has 2 aliphatic carbocycles. The first-order valence-electron chi connectivity index (χ1n) is 6.58. The molecule has 0 bridgehead atoms. The molecular formula is C15H18O2. The van der Waals surface area contributed by atoms with Crippen LogP contribution in [0.25, 0.3) is 0 Å². The van der Waals surface area contributed by atoms with Crippen LogP contribution in [-0.2, 0) is 0 Å². The minimum atomic E-state index is 0.320. The van der Waals surface area contributed by atoms with Gasteiger partial charge in [-0.1, -0.05) is 18.6 Å². The van der Waals surface area contributed by atoms with Crippen LogP contribution in [0.4, 0.5) is 0 Å². The Bertz CT molecular complexity index is 428. The predicted octanol–water partition coefficient (Wildman–Crippen LogP) is 3.31. The zero-order valence-electron chi connectivity index (χ0n) is 10.2. The maximum Gasteiger partial charge on any atom is 0.166 e. The fourth-order valence-electron chi connectivity index (χ4n) is 3.31. The van der Waals surface area contributed by atoms with E-state index in [2.05, 4.69) is 0 Å². The summed E-state index contributed by atoms with van der Waals surface area (Å²) >= 11 is 0. The normalized spacial score (nSPS) is 29.8. The molecule has 0 radical (unpaired) electrons. The summed E-state index contributed by atoms with van der Waals surface area (Å²) in [5, 5.41) is 0. The van der Waals surface area contributed by atoms with Gasteiger partial charge >= 0.3 is 0 Å². The molecule has 2 unspecified atom stereocenters. The van der Waals surface area contributed by atoms with E-state index in [1.54, 1.807) is 0 Å². The van der Waals surface area contributed by atoms with E-state index < -0.39 is 0 Å². The molecule has 17 heavy (non-hydrogen) atoms. The summed E-state index contributed by atoms with van der Waals surface area (Å²) in [6, 6.07) is 7.63. The smallest absolute Gasteiger partial charge is 0.166 e. The molecule has 2 nitrogen and oxygen atoms in total. The molecule has 90 valence electrons. The van der Waals surface area contributed by atoms with E-state index in [1.165, 1.54) is 19.3 Å². The van der Waals surface area contributed by atoms with Crippen LogP contribution < -0.4 is 4.74 Å². The Morgan fingerprint density at radius 3 is 2.82 bits per heavy atom. The van der Waals surface area contributed by atoms with Crippen molar-refractivity contribution in [3.63, 3.8) is 0 Å². The predicted molar refractivity (Wildman–Crippen MR) is 66.3 cm³/mol. The summed E-state index contributed by atoms with van der Waals surface area (Å²) in [5.41, 5.74) is 0.829. The van der Waals surface area contributed by atoms with E-state index in [0.717, 1.165) is 11.3 Å². The molecule has 2 atom stereocenters. The summed E-state index contributed by atoms with van der Waals surface area (Å²) < 4.78 is 5.44. The van der Waals surface area contributed by atoms with Crippen molar-refractivity contribution < 1.29 is 9.53 Å². The van der Waals surface area contributed by atoms with Gasteiger partial charge in [-0.3, -0.25) is 4.79 Å². The molecule has 0 amide bonds. The number of carbonyl (C=O) groups is 1. The molecule has 1 aromatic carbocycles. The summed E-state index contributed by atoms with van der Waals surface area (Å²) in [6.45, 7) is 2.60. The van der Waals surface area contributed by atoms with Crippen LogP contribution in [0, 0.1) is 17.8 Å². The van der Waals surface area contributed by atoms with Gasteiger partial charge in [-0.05, 0) is 43.7 Å². The van der Waals surface area contributed by atoms with Gasteiger partial charge in [-0.15, -0.1) is 0 Å². The van der Waals surface area contributed by atoms with Gasteiger partial charge in [0.15, 0.2) is 5.78 Å². The molecule has 2 aliphatic rings. The minimum absolute atomic E-state index is 0.320. The Labute approximate surface area is 102 Å². The van der Waals surface area contributed by atoms with Crippen molar-refractivity contribution in [2.45, 2.75) is 26.2 Å². The lowest BCUT2D eigenvalue weighted by Gasteiger charge is -2.06. The highest BCUT2D eigenvalue weighted by molar-refractivity contribution is 6.00. The van der Waals surface area contributed by atoms with Crippen molar-refractivity contribution >= 4 is 5.78 Å². The third kappa shape index (κ3) is 1.86. The highest BCUT2D eigenvalue weighted by Crippen LogP contribution is 2.58. The monoisotopic (exact) mass is 230 g/mol. The number of carbonyl (C=O) groups excluding carboxylic acids is 1. The molecule has 0 heterocycles. The standard InChI is InChI=1S/C15H18O2/c1-2-17-11-6-3-5-10(9-11)15(16)14-12-7-4-8-13(12)14/h3,5-6,9,12-14H,2,4,7-8H2,1H3. The molecule has 2 heteroatoms. The van der Waals surface area contributed by atoms with Crippen molar-refractivity contribution in [1.82, 2.24) is 0 Å². The molecule has 0 aliphatic heterocycles. The number of fused-ring (bicyclic) bond motifs is 1. The van der Waals surface area contributed by atoms with Gasteiger partial charge in [0.1, 0.15) is 5.75 Å². The highest BCUT2D eigenvalue weighted by atomic mass is 16.5. The van der Waals surface area contributed by atoms with Gasteiger partial charge in [-0.2, -0.15) is 0 Å². The van der Waals surface area contributed by atoms with E-state index in [1.807, 2.05) is 31.2 Å². The Morgan fingerprint density at radius 2 is 2.12 bits per heavy atom. The second-order valence-corrected chi connectivity index (χ2v) is 5.11. The van der Waals surface area contributed by atoms with E-state index >= 15 is 0 Å². The summed E-state index contributed by atoms with van der Waals surface area (Å²) in [7, 11) is 0. The Morgan fingerprint density at radius 1 is 1.35 bits per heavy atom. The highest BCUT2D eigenvalue weighted by Gasteiger charge is 2.56. The van der Waals surface area contributed by atoms with E-state index in [4.69, 9.17) is 4.74 Å². The van der Waals surface area contributed by atoms with Crippen molar-refractivity contribution in [2.24, 2.45) is 17.8 Å². The maximum absolute atomic E-state index is 12.3. The quantitative estimate of drug-likeness (QED) is 0.742. The molecular weight excluding hydrogens is 212 g/mol. The van der Waals surface area contributed by atoms with Crippen LogP contribution in [0.15, 0.2) is 24.3 Å². The largest absolute Gasteiger partial charge is 0.494 e. The van der Waals surface area contributed by atoms with Crippen LogP contribution >= 0.6 is 0 Å². The molecule has 0 spiro atoms. The molecule has 1 aromatic rings. The van der Waals surface area contributed by atoms with Gasteiger partial charge < -0.3 is 4.74 Å². The first-order chi connectivity index (χ1) is 8.31. The maximum atomic E-state index is 12.3. The third-order valence-electron chi connectivity index (χ3n) is 4.14. The summed E-state index contributed by atoms with van der Waals surface area (Å²) in [6.07, 6.45) is 3.83. The fourth-order valence-corrected chi connectivity index (χ4v) is 3.31. The van der Waals surface area contributed by atoms with Crippen molar-refractivity contribution in [3.05, 3.63) is 29.8 Å². The van der Waals surface area contributed by atoms with Crippen LogP contribution in [-0.4, -0.2) is 12.4 Å². The van der Waals surface area contributed by atoms with Crippen molar-refractivity contribution in [2.75, 3.05) is 6.61 Å². The minimum Gasteiger partial charge on any atom is -0.494 e. The van der Waals surface area contributed by atoms with Crippen LogP contribution in [0.1, 0.15) is 36.5 Å². The Kier molecular flexibility index (Phi) is 2.65. The number of hydrogen-bond donors (Lipinski definition) is 0. The SMILES string of the molecule is CCOc1cccc(C(=O)C2C3CCCC32)c1. The van der Waals surface area contributed by atoms with Gasteiger partial charge in [0.05, 0.1) is 6.61 Å². The average Bonchev–Trinajstić information content (AvgIpc) is 2.82. The lowest BCUT2D eigenvalue weighted by atomic mass is 10.0. The molecule has 0 saturated heterocycles. The Hall–Kier alpha value is -1.31. The van der Waals surface area contributed by atoms with E-state index in [0.29, 0.717) is 30.1 Å². The zero-order chi connectivity index (χ0) is 11.8. The summed E-state index contributed by atoms with van der Waals surface area (Å²) in [4.78, 5) is 12.3.